The minimum atomic E-state index is -4.44. The smallest absolute Gasteiger partial charge is 0.416 e. The Balaban J connectivity index is 1.65. The van der Waals surface area contributed by atoms with E-state index in [2.05, 4.69) is 21.2 Å². The Morgan fingerprint density at radius 1 is 1.13 bits per heavy atom. The summed E-state index contributed by atoms with van der Waals surface area (Å²) in [6.45, 7) is 2.97. The number of allylic oxidation sites excluding steroid dienone is 1. The maximum absolute atomic E-state index is 12.6. The lowest BCUT2D eigenvalue weighted by Gasteiger charge is -2.28. The van der Waals surface area contributed by atoms with Crippen molar-refractivity contribution in [2.45, 2.75) is 26.1 Å². The Morgan fingerprint density at radius 3 is 2.47 bits per heavy atom. The second kappa shape index (κ2) is 12.1. The van der Waals surface area contributed by atoms with E-state index in [-0.39, 0.29) is 23.7 Å². The normalized spacial score (nSPS) is 15.5. The molecular formula is C25H25F3N4O6. The third-order valence-electron chi connectivity index (χ3n) is 5.29. The number of carbonyl (C=O) groups excluding carboxylic acids is 3. The summed E-state index contributed by atoms with van der Waals surface area (Å²) in [5.74, 6) is -0.780. The van der Waals surface area contributed by atoms with E-state index in [0.29, 0.717) is 16.8 Å². The lowest BCUT2D eigenvalue weighted by Crippen LogP contribution is -2.45. The minimum absolute atomic E-state index is 0.156. The van der Waals surface area contributed by atoms with E-state index in [1.807, 2.05) is 0 Å². The molecule has 10 nitrogen and oxygen atoms in total. The summed E-state index contributed by atoms with van der Waals surface area (Å²) < 4.78 is 53.9. The van der Waals surface area contributed by atoms with Gasteiger partial charge in [0, 0.05) is 5.70 Å². The molecule has 0 unspecified atom stereocenters. The SMILES string of the molecule is CCOC(=O)C1=C(C)NC(=O)N[C@H]1c1ccc(OCC(=O)N/N=C\c2ccc(C(F)(F)F)cc2)c(OC)c1. The van der Waals surface area contributed by atoms with Crippen molar-refractivity contribution >= 4 is 24.1 Å². The van der Waals surface area contributed by atoms with Gasteiger partial charge in [0.15, 0.2) is 18.1 Å². The van der Waals surface area contributed by atoms with Gasteiger partial charge in [0.2, 0.25) is 0 Å². The average Bonchev–Trinajstić information content (AvgIpc) is 2.86. The molecule has 0 aliphatic carbocycles. The fourth-order valence-corrected chi connectivity index (χ4v) is 3.52. The van der Waals surface area contributed by atoms with Crippen molar-refractivity contribution in [2.24, 2.45) is 5.10 Å². The molecule has 202 valence electrons. The van der Waals surface area contributed by atoms with Crippen molar-refractivity contribution in [3.63, 3.8) is 0 Å². The van der Waals surface area contributed by atoms with Gasteiger partial charge in [0.25, 0.3) is 5.91 Å². The maximum atomic E-state index is 12.6. The van der Waals surface area contributed by atoms with Crippen LogP contribution in [0.1, 0.15) is 36.6 Å². The Kier molecular flexibility index (Phi) is 8.94. The van der Waals surface area contributed by atoms with Crippen molar-refractivity contribution < 1.29 is 41.8 Å². The van der Waals surface area contributed by atoms with Gasteiger partial charge in [-0.15, -0.1) is 0 Å². The number of nitrogens with one attached hydrogen (secondary N) is 3. The molecule has 1 heterocycles. The number of ether oxygens (including phenoxy) is 3. The topological polar surface area (TPSA) is 127 Å². The maximum Gasteiger partial charge on any atom is 0.416 e. The van der Waals surface area contributed by atoms with Crippen LogP contribution >= 0.6 is 0 Å². The molecule has 0 radical (unpaired) electrons. The van der Waals surface area contributed by atoms with E-state index < -0.39 is 42.3 Å². The molecule has 2 aromatic carbocycles. The fourth-order valence-electron chi connectivity index (χ4n) is 3.52. The summed E-state index contributed by atoms with van der Waals surface area (Å²) in [6, 6.07) is 7.61. The van der Waals surface area contributed by atoms with Crippen LogP contribution in [0.3, 0.4) is 0 Å². The average molecular weight is 534 g/mol. The fraction of sp³-hybridized carbons (Fsp3) is 0.280. The predicted molar refractivity (Wildman–Crippen MR) is 129 cm³/mol. The Bertz CT molecular complexity index is 1260. The number of carbonyl (C=O) groups is 3. The Morgan fingerprint density at radius 2 is 1.84 bits per heavy atom. The van der Waals surface area contributed by atoms with Crippen molar-refractivity contribution in [1.82, 2.24) is 16.1 Å². The molecule has 1 aliphatic heterocycles. The number of alkyl halides is 3. The molecule has 0 saturated carbocycles. The van der Waals surface area contributed by atoms with Crippen LogP contribution in [-0.4, -0.2) is 44.4 Å². The van der Waals surface area contributed by atoms with Crippen LogP contribution in [0.5, 0.6) is 11.5 Å². The van der Waals surface area contributed by atoms with Crippen molar-refractivity contribution in [2.75, 3.05) is 20.3 Å². The first-order chi connectivity index (χ1) is 18.0. The summed E-state index contributed by atoms with van der Waals surface area (Å²) >= 11 is 0. The van der Waals surface area contributed by atoms with Crippen molar-refractivity contribution in [1.29, 1.82) is 0 Å². The summed E-state index contributed by atoms with van der Waals surface area (Å²) in [5.41, 5.74) is 2.87. The van der Waals surface area contributed by atoms with E-state index in [9.17, 15) is 27.6 Å². The third kappa shape index (κ3) is 7.02. The molecule has 1 atom stereocenters. The largest absolute Gasteiger partial charge is 0.493 e. The monoisotopic (exact) mass is 534 g/mol. The predicted octanol–water partition coefficient (Wildman–Crippen LogP) is 3.43. The number of hydrazone groups is 1. The molecule has 2 aromatic rings. The number of rotatable bonds is 9. The van der Waals surface area contributed by atoms with Crippen molar-refractivity contribution in [3.05, 3.63) is 70.4 Å². The number of esters is 1. The number of nitrogens with zero attached hydrogens (tertiary/aromatic N) is 1. The van der Waals surface area contributed by atoms with Gasteiger partial charge >= 0.3 is 18.2 Å². The highest BCUT2D eigenvalue weighted by Gasteiger charge is 2.33. The van der Waals surface area contributed by atoms with Crippen LogP contribution < -0.4 is 25.5 Å². The van der Waals surface area contributed by atoms with Crippen LogP contribution in [0, 0.1) is 0 Å². The van der Waals surface area contributed by atoms with Crippen LogP contribution in [0.15, 0.2) is 58.8 Å². The van der Waals surface area contributed by atoms with Gasteiger partial charge in [-0.1, -0.05) is 18.2 Å². The van der Waals surface area contributed by atoms with Crippen LogP contribution in [0.4, 0.5) is 18.0 Å². The lowest BCUT2D eigenvalue weighted by atomic mass is 9.95. The van der Waals surface area contributed by atoms with Gasteiger partial charge in [-0.05, 0) is 49.2 Å². The zero-order valence-corrected chi connectivity index (χ0v) is 20.6. The zero-order valence-electron chi connectivity index (χ0n) is 20.6. The molecule has 0 fully saturated rings. The number of amides is 3. The quantitative estimate of drug-likeness (QED) is 0.257. The number of urea groups is 1. The Labute approximate surface area is 215 Å². The molecule has 1 aliphatic rings. The molecule has 3 N–H and O–H groups in total. The number of hydrogen-bond donors (Lipinski definition) is 3. The number of benzene rings is 2. The number of methoxy groups -OCH3 is 1. The molecule has 0 spiro atoms. The first kappa shape index (κ1) is 28.0. The molecule has 0 saturated heterocycles. The highest BCUT2D eigenvalue weighted by molar-refractivity contribution is 5.95. The van der Waals surface area contributed by atoms with E-state index >= 15 is 0 Å². The van der Waals surface area contributed by atoms with E-state index in [4.69, 9.17) is 14.2 Å². The van der Waals surface area contributed by atoms with E-state index in [1.165, 1.54) is 31.5 Å². The standard InChI is InChI=1S/C25H25F3N4O6/c1-4-37-23(34)21-14(2)30-24(35)31-22(21)16-7-10-18(19(11-16)36-3)38-13-20(33)32-29-12-15-5-8-17(9-6-15)25(26,27)28/h5-12,22H,4,13H2,1-3H3,(H,32,33)(H2,30,31,35)/b29-12-/t22-/m0/s1. The van der Waals surface area contributed by atoms with E-state index in [1.54, 1.807) is 26.0 Å². The first-order valence-corrected chi connectivity index (χ1v) is 11.3. The van der Waals surface area contributed by atoms with Gasteiger partial charge in [-0.3, -0.25) is 4.79 Å². The highest BCUT2D eigenvalue weighted by Crippen LogP contribution is 2.34. The lowest BCUT2D eigenvalue weighted by molar-refractivity contribution is -0.139. The van der Waals surface area contributed by atoms with E-state index in [0.717, 1.165) is 12.1 Å². The molecule has 3 rings (SSSR count). The number of halogens is 3. The number of hydrogen-bond acceptors (Lipinski definition) is 7. The molecule has 0 aromatic heterocycles. The van der Waals surface area contributed by atoms with Gasteiger partial charge in [-0.2, -0.15) is 18.3 Å². The summed E-state index contributed by atoms with van der Waals surface area (Å²) in [6.07, 6.45) is -3.25. The van der Waals surface area contributed by atoms with Crippen LogP contribution in [-0.2, 0) is 20.5 Å². The van der Waals surface area contributed by atoms with Gasteiger partial charge in [0.05, 0.1) is 37.1 Å². The molecule has 3 amide bonds. The first-order valence-electron chi connectivity index (χ1n) is 11.3. The van der Waals surface area contributed by atoms with Crippen LogP contribution in [0.2, 0.25) is 0 Å². The summed E-state index contributed by atoms with van der Waals surface area (Å²) in [4.78, 5) is 36.7. The third-order valence-corrected chi connectivity index (χ3v) is 5.29. The molecule has 13 heteroatoms. The summed E-state index contributed by atoms with van der Waals surface area (Å²) in [5, 5.41) is 8.93. The van der Waals surface area contributed by atoms with Gasteiger partial charge in [-0.25, -0.2) is 15.0 Å². The summed E-state index contributed by atoms with van der Waals surface area (Å²) in [7, 11) is 1.38. The second-order valence-electron chi connectivity index (χ2n) is 7.90. The highest BCUT2D eigenvalue weighted by atomic mass is 19.4. The van der Waals surface area contributed by atoms with Gasteiger partial charge in [0.1, 0.15) is 0 Å². The molecular weight excluding hydrogens is 509 g/mol. The Hall–Kier alpha value is -4.55. The molecule has 38 heavy (non-hydrogen) atoms. The van der Waals surface area contributed by atoms with Crippen LogP contribution in [0.25, 0.3) is 0 Å². The second-order valence-corrected chi connectivity index (χ2v) is 7.90. The zero-order chi connectivity index (χ0) is 27.9. The molecule has 0 bridgehead atoms. The van der Waals surface area contributed by atoms with Crippen molar-refractivity contribution in [3.8, 4) is 11.5 Å². The minimum Gasteiger partial charge on any atom is -0.493 e. The van der Waals surface area contributed by atoms with Gasteiger partial charge < -0.3 is 24.8 Å².